The minimum absolute atomic E-state index is 0.634. The Morgan fingerprint density at radius 1 is 0.906 bits per heavy atom. The molecular weight excluding hydrogens is 420 g/mol. The van der Waals surface area contributed by atoms with E-state index in [1.807, 2.05) is 42.5 Å². The average molecular weight is 443 g/mol. The van der Waals surface area contributed by atoms with E-state index < -0.39 is 0 Å². The van der Waals surface area contributed by atoms with Crippen molar-refractivity contribution in [3.63, 3.8) is 0 Å². The summed E-state index contributed by atoms with van der Waals surface area (Å²) < 4.78 is 12.9. The van der Waals surface area contributed by atoms with Gasteiger partial charge in [-0.3, -0.25) is 4.57 Å². The van der Waals surface area contributed by atoms with E-state index in [1.54, 1.807) is 26.0 Å². The van der Waals surface area contributed by atoms with Crippen LogP contribution >= 0.6 is 11.8 Å². The standard InChI is InChI=1S/C25H22N4O2S/c1-17-4-11-21(12-5-17)29-24(20-10-13-22(30-2)23(14-20)31-3)27-28-25(29)32-16-19-8-6-18(15-26)7-9-19/h4-14H,16H2,1-3H3. The smallest absolute Gasteiger partial charge is 0.196 e. The fourth-order valence-electron chi connectivity index (χ4n) is 3.28. The summed E-state index contributed by atoms with van der Waals surface area (Å²) in [6, 6.07) is 23.7. The van der Waals surface area contributed by atoms with Crippen molar-refractivity contribution < 1.29 is 9.47 Å². The second-order valence-electron chi connectivity index (χ2n) is 7.14. The van der Waals surface area contributed by atoms with E-state index in [4.69, 9.17) is 14.7 Å². The van der Waals surface area contributed by atoms with E-state index in [0.717, 1.165) is 27.8 Å². The predicted octanol–water partition coefficient (Wildman–Crippen LogP) is 5.42. The monoisotopic (exact) mass is 442 g/mol. The van der Waals surface area contributed by atoms with Crippen molar-refractivity contribution >= 4 is 11.8 Å². The molecule has 0 spiro atoms. The van der Waals surface area contributed by atoms with Gasteiger partial charge in [-0.05, 0) is 55.0 Å². The molecule has 0 bridgehead atoms. The number of hydrogen-bond acceptors (Lipinski definition) is 6. The van der Waals surface area contributed by atoms with Crippen molar-refractivity contribution in [2.45, 2.75) is 17.8 Å². The normalized spacial score (nSPS) is 10.6. The highest BCUT2D eigenvalue weighted by Gasteiger charge is 2.18. The van der Waals surface area contributed by atoms with Gasteiger partial charge in [0.15, 0.2) is 22.5 Å². The first-order valence-electron chi connectivity index (χ1n) is 9.99. The second kappa shape index (κ2) is 9.58. The van der Waals surface area contributed by atoms with Crippen LogP contribution in [-0.2, 0) is 5.75 Å². The predicted molar refractivity (Wildman–Crippen MR) is 125 cm³/mol. The Balaban J connectivity index is 1.73. The number of thioether (sulfide) groups is 1. The summed E-state index contributed by atoms with van der Waals surface area (Å²) in [5.74, 6) is 2.72. The molecule has 0 N–H and O–H groups in total. The van der Waals surface area contributed by atoms with Gasteiger partial charge < -0.3 is 9.47 Å². The minimum atomic E-state index is 0.634. The van der Waals surface area contributed by atoms with E-state index >= 15 is 0 Å². The molecule has 0 unspecified atom stereocenters. The van der Waals surface area contributed by atoms with E-state index in [9.17, 15) is 0 Å². The van der Waals surface area contributed by atoms with Gasteiger partial charge in [0.2, 0.25) is 0 Å². The Kier molecular flexibility index (Phi) is 6.43. The van der Waals surface area contributed by atoms with E-state index in [-0.39, 0.29) is 0 Å². The number of nitriles is 1. The zero-order valence-corrected chi connectivity index (χ0v) is 18.9. The van der Waals surface area contributed by atoms with Crippen LogP contribution in [0.1, 0.15) is 16.7 Å². The summed E-state index contributed by atoms with van der Waals surface area (Å²) >= 11 is 1.60. The van der Waals surface area contributed by atoms with Crippen molar-refractivity contribution in [3.05, 3.63) is 83.4 Å². The molecule has 0 saturated heterocycles. The lowest BCUT2D eigenvalue weighted by atomic mass is 10.1. The zero-order chi connectivity index (χ0) is 22.5. The highest BCUT2D eigenvalue weighted by atomic mass is 32.2. The molecule has 0 atom stereocenters. The van der Waals surface area contributed by atoms with Gasteiger partial charge in [0.25, 0.3) is 0 Å². The lowest BCUT2D eigenvalue weighted by molar-refractivity contribution is 0.355. The van der Waals surface area contributed by atoms with Gasteiger partial charge in [0, 0.05) is 17.0 Å². The van der Waals surface area contributed by atoms with Crippen LogP contribution < -0.4 is 9.47 Å². The summed E-state index contributed by atoms with van der Waals surface area (Å²) in [4.78, 5) is 0. The highest BCUT2D eigenvalue weighted by molar-refractivity contribution is 7.98. The molecule has 0 aliphatic rings. The van der Waals surface area contributed by atoms with Crippen molar-refractivity contribution in [1.82, 2.24) is 14.8 Å². The summed E-state index contributed by atoms with van der Waals surface area (Å²) in [5, 5.41) is 18.8. The van der Waals surface area contributed by atoms with Gasteiger partial charge in [-0.1, -0.05) is 41.6 Å². The third kappa shape index (κ3) is 4.46. The van der Waals surface area contributed by atoms with Crippen LogP contribution in [0, 0.1) is 18.3 Å². The van der Waals surface area contributed by atoms with Crippen LogP contribution in [-0.4, -0.2) is 29.0 Å². The van der Waals surface area contributed by atoms with Crippen LogP contribution in [0.15, 0.2) is 71.9 Å². The number of benzene rings is 3. The number of methoxy groups -OCH3 is 2. The number of hydrogen-bond donors (Lipinski definition) is 0. The zero-order valence-electron chi connectivity index (χ0n) is 18.1. The molecule has 1 aromatic heterocycles. The van der Waals surface area contributed by atoms with Crippen LogP contribution in [0.2, 0.25) is 0 Å². The third-order valence-corrected chi connectivity index (χ3v) is 6.02. The Hall–Kier alpha value is -3.76. The molecular formula is C25H22N4O2S. The molecule has 0 radical (unpaired) electrons. The van der Waals surface area contributed by atoms with Crippen molar-refractivity contribution in [3.8, 4) is 34.6 Å². The van der Waals surface area contributed by atoms with E-state index in [0.29, 0.717) is 22.8 Å². The Morgan fingerprint density at radius 2 is 1.62 bits per heavy atom. The summed E-state index contributed by atoms with van der Waals surface area (Å²) in [7, 11) is 3.23. The molecule has 32 heavy (non-hydrogen) atoms. The van der Waals surface area contributed by atoms with Gasteiger partial charge in [-0.15, -0.1) is 10.2 Å². The van der Waals surface area contributed by atoms with Gasteiger partial charge in [0.1, 0.15) is 0 Å². The molecule has 4 rings (SSSR count). The average Bonchev–Trinajstić information content (AvgIpc) is 3.27. The molecule has 0 aliphatic heterocycles. The maximum absolute atomic E-state index is 9.01. The molecule has 4 aromatic rings. The molecule has 0 saturated carbocycles. The summed E-state index contributed by atoms with van der Waals surface area (Å²) in [5.41, 5.74) is 4.80. The Morgan fingerprint density at radius 3 is 2.28 bits per heavy atom. The number of aromatic nitrogens is 3. The van der Waals surface area contributed by atoms with Crippen molar-refractivity contribution in [2.24, 2.45) is 0 Å². The molecule has 6 nitrogen and oxygen atoms in total. The quantitative estimate of drug-likeness (QED) is 0.356. The number of ether oxygens (including phenoxy) is 2. The lowest BCUT2D eigenvalue weighted by Crippen LogP contribution is -2.00. The SMILES string of the molecule is COc1ccc(-c2nnc(SCc3ccc(C#N)cc3)n2-c2ccc(C)cc2)cc1OC. The number of rotatable bonds is 7. The number of aryl methyl sites for hydroxylation is 1. The Labute approximate surface area is 191 Å². The van der Waals surface area contributed by atoms with Gasteiger partial charge in [0.05, 0.1) is 25.9 Å². The fourth-order valence-corrected chi connectivity index (χ4v) is 4.18. The van der Waals surface area contributed by atoms with Crippen LogP contribution in [0.4, 0.5) is 0 Å². The molecule has 160 valence electrons. The van der Waals surface area contributed by atoms with Crippen LogP contribution in [0.25, 0.3) is 17.1 Å². The molecule has 0 fully saturated rings. The maximum atomic E-state index is 9.01. The van der Waals surface area contributed by atoms with Crippen LogP contribution in [0.3, 0.4) is 0 Å². The highest BCUT2D eigenvalue weighted by Crippen LogP contribution is 2.35. The topological polar surface area (TPSA) is 73.0 Å². The van der Waals surface area contributed by atoms with Crippen LogP contribution in [0.5, 0.6) is 11.5 Å². The van der Waals surface area contributed by atoms with Crippen molar-refractivity contribution in [2.75, 3.05) is 14.2 Å². The van der Waals surface area contributed by atoms with Gasteiger partial charge in [-0.25, -0.2) is 0 Å². The maximum Gasteiger partial charge on any atom is 0.196 e. The fraction of sp³-hybridized carbons (Fsp3) is 0.160. The summed E-state index contributed by atoms with van der Waals surface area (Å²) in [6.07, 6.45) is 0. The lowest BCUT2D eigenvalue weighted by Gasteiger charge is -2.13. The van der Waals surface area contributed by atoms with E-state index in [2.05, 4.69) is 52.0 Å². The van der Waals surface area contributed by atoms with Gasteiger partial charge >= 0.3 is 0 Å². The molecule has 3 aromatic carbocycles. The summed E-state index contributed by atoms with van der Waals surface area (Å²) in [6.45, 7) is 2.06. The number of nitrogens with zero attached hydrogens (tertiary/aromatic N) is 4. The molecule has 0 aliphatic carbocycles. The Bertz CT molecular complexity index is 1260. The third-order valence-electron chi connectivity index (χ3n) is 5.02. The van der Waals surface area contributed by atoms with Crippen molar-refractivity contribution in [1.29, 1.82) is 5.26 Å². The first-order chi connectivity index (χ1) is 15.6. The molecule has 7 heteroatoms. The first-order valence-corrected chi connectivity index (χ1v) is 11.0. The molecule has 0 amide bonds. The largest absolute Gasteiger partial charge is 0.493 e. The second-order valence-corrected chi connectivity index (χ2v) is 8.09. The first kappa shape index (κ1) is 21.5. The minimum Gasteiger partial charge on any atom is -0.493 e. The van der Waals surface area contributed by atoms with E-state index in [1.165, 1.54) is 5.56 Å². The molecule has 1 heterocycles. The van der Waals surface area contributed by atoms with Gasteiger partial charge in [-0.2, -0.15) is 5.26 Å².